The van der Waals surface area contributed by atoms with Gasteiger partial charge in [-0.3, -0.25) is 0 Å². The van der Waals surface area contributed by atoms with E-state index in [9.17, 15) is 17.3 Å². The fraction of sp³-hybridized carbons (Fsp3) is 0.308. The van der Waals surface area contributed by atoms with E-state index in [0.717, 1.165) is 13.1 Å². The maximum Gasteiger partial charge on any atom is 0.673 e. The summed E-state index contributed by atoms with van der Waals surface area (Å²) >= 11 is 3.73. The quantitative estimate of drug-likeness (QED) is 0.438. The molecule has 2 rings (SSSR count). The molecule has 0 atom stereocenters. The average Bonchev–Trinajstić information content (AvgIpc) is 2.89. The SMILES string of the molecule is CC[N+](CC)=c1scc(-c2ccccc2)s1.F[B-](F)(F)F. The Hall–Kier alpha value is -1.15. The Morgan fingerprint density at radius 3 is 2.00 bits per heavy atom. The van der Waals surface area contributed by atoms with E-state index in [-0.39, 0.29) is 0 Å². The number of benzene rings is 1. The number of hydrogen-bond acceptors (Lipinski definition) is 2. The van der Waals surface area contributed by atoms with Gasteiger partial charge in [-0.2, -0.15) is 0 Å². The summed E-state index contributed by atoms with van der Waals surface area (Å²) in [5.74, 6) is 0. The lowest BCUT2D eigenvalue weighted by Gasteiger charge is -1.94. The summed E-state index contributed by atoms with van der Waals surface area (Å²) in [6, 6.07) is 10.6. The van der Waals surface area contributed by atoms with Crippen LogP contribution in [0.25, 0.3) is 10.4 Å². The molecule has 0 saturated heterocycles. The van der Waals surface area contributed by atoms with Crippen molar-refractivity contribution in [3.05, 3.63) is 39.7 Å². The maximum atomic E-state index is 9.75. The molecule has 1 nitrogen and oxygen atoms in total. The molecule has 0 N–H and O–H groups in total. The highest BCUT2D eigenvalue weighted by atomic mass is 32.2. The Balaban J connectivity index is 0.000000383. The molecule has 0 bridgehead atoms. The molecule has 21 heavy (non-hydrogen) atoms. The zero-order valence-electron chi connectivity index (χ0n) is 11.7. The molecule has 0 unspecified atom stereocenters. The number of hydrogen-bond donors (Lipinski definition) is 0. The molecular formula is C13H16BF4NS2. The van der Waals surface area contributed by atoms with Crippen LogP contribution in [0.5, 0.6) is 0 Å². The third-order valence-electron chi connectivity index (χ3n) is 2.54. The fourth-order valence-electron chi connectivity index (χ4n) is 1.60. The molecule has 0 amide bonds. The van der Waals surface area contributed by atoms with E-state index in [1.807, 2.05) is 22.7 Å². The van der Waals surface area contributed by atoms with Gasteiger partial charge in [0.05, 0.1) is 4.88 Å². The second kappa shape index (κ2) is 8.33. The van der Waals surface area contributed by atoms with Crippen molar-refractivity contribution in [3.8, 4) is 10.4 Å². The zero-order chi connectivity index (χ0) is 15.9. The van der Waals surface area contributed by atoms with Gasteiger partial charge in [-0.1, -0.05) is 53.0 Å². The Labute approximate surface area is 129 Å². The van der Waals surface area contributed by atoms with Gasteiger partial charge in [-0.05, 0) is 19.4 Å². The predicted molar refractivity (Wildman–Crippen MR) is 84.2 cm³/mol. The summed E-state index contributed by atoms with van der Waals surface area (Å²) in [4.78, 5) is 1.37. The van der Waals surface area contributed by atoms with Crippen LogP contribution in [0.2, 0.25) is 0 Å². The molecule has 8 heteroatoms. The Kier molecular flexibility index (Phi) is 7.11. The van der Waals surface area contributed by atoms with Crippen LogP contribution in [0.3, 0.4) is 0 Å². The molecule has 116 valence electrons. The van der Waals surface area contributed by atoms with Gasteiger partial charge in [-0.25, -0.2) is 4.58 Å². The van der Waals surface area contributed by atoms with E-state index in [1.165, 1.54) is 14.4 Å². The Morgan fingerprint density at radius 1 is 1.00 bits per heavy atom. The zero-order valence-corrected chi connectivity index (χ0v) is 13.4. The summed E-state index contributed by atoms with van der Waals surface area (Å²) in [6.07, 6.45) is 0. The molecule has 1 aromatic carbocycles. The van der Waals surface area contributed by atoms with Crippen molar-refractivity contribution in [1.29, 1.82) is 0 Å². The van der Waals surface area contributed by atoms with E-state index in [0.29, 0.717) is 0 Å². The smallest absolute Gasteiger partial charge is 0.418 e. The van der Waals surface area contributed by atoms with Gasteiger partial charge in [0.1, 0.15) is 13.1 Å². The molecule has 0 fully saturated rings. The first-order chi connectivity index (χ1) is 9.85. The third-order valence-corrected chi connectivity index (χ3v) is 5.05. The van der Waals surface area contributed by atoms with Crippen molar-refractivity contribution in [2.24, 2.45) is 0 Å². The van der Waals surface area contributed by atoms with Gasteiger partial charge in [-0.15, -0.1) is 0 Å². The Morgan fingerprint density at radius 2 is 1.52 bits per heavy atom. The standard InChI is InChI=1S/C13H16NS2.BF4/c1-3-14(4-2)13-15-10-12(16-13)11-8-6-5-7-9-11;2-1(3,4)5/h5-10H,3-4H2,1-2H3;/q+1;-1. The van der Waals surface area contributed by atoms with Gasteiger partial charge in [0.15, 0.2) is 0 Å². The molecular weight excluding hydrogens is 321 g/mol. The molecule has 0 aliphatic heterocycles. The third kappa shape index (κ3) is 6.90. The van der Waals surface area contributed by atoms with E-state index in [4.69, 9.17) is 0 Å². The largest absolute Gasteiger partial charge is 0.673 e. The molecule has 0 spiro atoms. The highest BCUT2D eigenvalue weighted by Crippen LogP contribution is 2.23. The second-order valence-corrected chi connectivity index (χ2v) is 6.15. The number of halogens is 4. The van der Waals surface area contributed by atoms with Crippen LogP contribution in [0, 0.1) is 0 Å². The van der Waals surface area contributed by atoms with Crippen molar-refractivity contribution in [1.82, 2.24) is 4.58 Å². The van der Waals surface area contributed by atoms with Crippen molar-refractivity contribution in [2.75, 3.05) is 13.1 Å². The number of rotatable bonds is 3. The summed E-state index contributed by atoms with van der Waals surface area (Å²) in [7, 11) is -6.00. The molecule has 0 saturated carbocycles. The monoisotopic (exact) mass is 337 g/mol. The summed E-state index contributed by atoms with van der Waals surface area (Å²) < 4.78 is 42.8. The normalized spacial score (nSPS) is 10.8. The lowest BCUT2D eigenvalue weighted by Crippen LogP contribution is -2.25. The lowest BCUT2D eigenvalue weighted by atomic mass is 10.2. The molecule has 0 aliphatic carbocycles. The van der Waals surface area contributed by atoms with Crippen LogP contribution in [0.1, 0.15) is 13.8 Å². The Bertz CT molecular complexity index is 592. The summed E-state index contributed by atoms with van der Waals surface area (Å²) in [5.41, 5.74) is 1.32. The molecule has 1 heterocycles. The van der Waals surface area contributed by atoms with E-state index < -0.39 is 7.25 Å². The average molecular weight is 337 g/mol. The van der Waals surface area contributed by atoms with Gasteiger partial charge < -0.3 is 17.3 Å². The van der Waals surface area contributed by atoms with Crippen LogP contribution in [0.4, 0.5) is 17.3 Å². The van der Waals surface area contributed by atoms with Crippen LogP contribution >= 0.6 is 22.7 Å². The topological polar surface area (TPSA) is 3.01 Å². The first-order valence-electron chi connectivity index (χ1n) is 6.44. The van der Waals surface area contributed by atoms with Gasteiger partial charge in [0, 0.05) is 5.38 Å². The highest BCUT2D eigenvalue weighted by molar-refractivity contribution is 7.28. The summed E-state index contributed by atoms with van der Waals surface area (Å²) in [6.45, 7) is 6.58. The van der Waals surface area contributed by atoms with Crippen molar-refractivity contribution in [3.63, 3.8) is 0 Å². The summed E-state index contributed by atoms with van der Waals surface area (Å²) in [5, 5.41) is 2.26. The fourth-order valence-corrected chi connectivity index (χ4v) is 4.12. The lowest BCUT2D eigenvalue weighted by molar-refractivity contribution is 0.368. The predicted octanol–water partition coefficient (Wildman–Crippen LogP) is 4.59. The number of nitrogens with zero attached hydrogens (tertiary/aromatic N) is 1. The first kappa shape index (κ1) is 17.9. The van der Waals surface area contributed by atoms with E-state index in [2.05, 4.69) is 54.1 Å². The van der Waals surface area contributed by atoms with Gasteiger partial charge in [0.25, 0.3) is 0 Å². The van der Waals surface area contributed by atoms with Crippen molar-refractivity contribution < 1.29 is 17.3 Å². The van der Waals surface area contributed by atoms with Crippen LogP contribution in [-0.2, 0) is 0 Å². The molecule has 2 aromatic rings. The maximum absolute atomic E-state index is 9.75. The van der Waals surface area contributed by atoms with Crippen LogP contribution in [0.15, 0.2) is 35.7 Å². The molecule has 0 aliphatic rings. The minimum absolute atomic E-state index is 1.09. The molecule has 1 aromatic heterocycles. The molecule has 0 radical (unpaired) electrons. The van der Waals surface area contributed by atoms with Crippen molar-refractivity contribution in [2.45, 2.75) is 13.8 Å². The van der Waals surface area contributed by atoms with Crippen molar-refractivity contribution >= 4 is 29.9 Å². The minimum atomic E-state index is -6.00. The van der Waals surface area contributed by atoms with E-state index >= 15 is 0 Å². The van der Waals surface area contributed by atoms with Crippen LogP contribution in [-0.4, -0.2) is 20.3 Å². The first-order valence-corrected chi connectivity index (χ1v) is 8.14. The second-order valence-electron chi connectivity index (χ2n) is 4.00. The van der Waals surface area contributed by atoms with Gasteiger partial charge in [0.2, 0.25) is 0 Å². The van der Waals surface area contributed by atoms with E-state index in [1.54, 1.807) is 0 Å². The minimum Gasteiger partial charge on any atom is -0.418 e. The van der Waals surface area contributed by atoms with Gasteiger partial charge >= 0.3 is 11.2 Å². The highest BCUT2D eigenvalue weighted by Gasteiger charge is 2.20. The van der Waals surface area contributed by atoms with Crippen LogP contribution < -0.4 is 8.56 Å².